The monoisotopic (exact) mass is 305 g/mol. The van der Waals surface area contributed by atoms with Crippen LogP contribution in [-0.2, 0) is 17.6 Å². The van der Waals surface area contributed by atoms with Gasteiger partial charge in [-0.25, -0.2) is 19.2 Å². The molecule has 7 heteroatoms. The van der Waals surface area contributed by atoms with Crippen molar-refractivity contribution < 1.29 is 18.7 Å². The van der Waals surface area contributed by atoms with Crippen LogP contribution in [0.5, 0.6) is 5.75 Å². The van der Waals surface area contributed by atoms with Gasteiger partial charge >= 0.3 is 5.97 Å². The molecule has 116 valence electrons. The molecule has 0 aliphatic carbocycles. The number of halogens is 1. The summed E-state index contributed by atoms with van der Waals surface area (Å²) in [7, 11) is 2.61. The van der Waals surface area contributed by atoms with Crippen LogP contribution in [0.25, 0.3) is 0 Å². The number of carbonyl (C=O) groups is 1. The van der Waals surface area contributed by atoms with E-state index in [0.29, 0.717) is 18.4 Å². The summed E-state index contributed by atoms with van der Waals surface area (Å²) >= 11 is 0. The molecule has 0 amide bonds. The van der Waals surface area contributed by atoms with Crippen LogP contribution in [0, 0.1) is 5.82 Å². The third kappa shape index (κ3) is 3.49. The lowest BCUT2D eigenvalue weighted by atomic mass is 10.0. The van der Waals surface area contributed by atoms with E-state index in [1.165, 1.54) is 26.4 Å². The molecule has 2 rings (SSSR count). The summed E-state index contributed by atoms with van der Waals surface area (Å²) < 4.78 is 23.9. The summed E-state index contributed by atoms with van der Waals surface area (Å²) in [6.45, 7) is 0. The number of nitrogen functional groups attached to an aromatic ring is 1. The molecular weight excluding hydrogens is 289 g/mol. The minimum atomic E-state index is -0.546. The van der Waals surface area contributed by atoms with Crippen molar-refractivity contribution in [2.24, 2.45) is 0 Å². The molecule has 2 aromatic rings. The number of methoxy groups -OCH3 is 2. The molecule has 0 atom stereocenters. The Morgan fingerprint density at radius 1 is 1.23 bits per heavy atom. The predicted octanol–water partition coefficient (Wildman–Crippen LogP) is 1.78. The van der Waals surface area contributed by atoms with Crippen molar-refractivity contribution in [1.29, 1.82) is 0 Å². The number of nitrogens with zero attached hydrogens (tertiary/aromatic N) is 2. The van der Waals surface area contributed by atoms with E-state index < -0.39 is 11.8 Å². The molecular formula is C15H16FN3O3. The number of nitrogens with two attached hydrogens (primary N) is 1. The van der Waals surface area contributed by atoms with E-state index in [2.05, 4.69) is 14.7 Å². The van der Waals surface area contributed by atoms with Crippen LogP contribution in [-0.4, -0.2) is 30.2 Å². The molecule has 22 heavy (non-hydrogen) atoms. The van der Waals surface area contributed by atoms with Gasteiger partial charge in [0.25, 0.3) is 0 Å². The van der Waals surface area contributed by atoms with Crippen LogP contribution in [0.15, 0.2) is 24.5 Å². The van der Waals surface area contributed by atoms with Crippen molar-refractivity contribution in [3.63, 3.8) is 0 Å². The van der Waals surface area contributed by atoms with Crippen LogP contribution in [0.4, 0.5) is 10.3 Å². The first-order valence-corrected chi connectivity index (χ1v) is 6.56. The summed E-state index contributed by atoms with van der Waals surface area (Å²) in [4.78, 5) is 19.4. The summed E-state index contributed by atoms with van der Waals surface area (Å²) in [6.07, 6.45) is 4.04. The van der Waals surface area contributed by atoms with E-state index in [9.17, 15) is 9.18 Å². The number of benzene rings is 1. The number of ether oxygens (including phenoxy) is 2. The molecule has 6 nitrogen and oxygen atoms in total. The highest BCUT2D eigenvalue weighted by Gasteiger charge is 2.16. The Morgan fingerprint density at radius 2 is 1.91 bits per heavy atom. The lowest BCUT2D eigenvalue weighted by Gasteiger charge is -2.10. The molecule has 1 aromatic heterocycles. The first-order chi connectivity index (χ1) is 10.5. The molecule has 0 fully saturated rings. The summed E-state index contributed by atoms with van der Waals surface area (Å²) in [5.41, 5.74) is 6.83. The third-order valence-corrected chi connectivity index (χ3v) is 3.16. The molecule has 0 spiro atoms. The van der Waals surface area contributed by atoms with Gasteiger partial charge in [-0.3, -0.25) is 0 Å². The molecule has 0 aliphatic heterocycles. The second-order valence-corrected chi connectivity index (χ2v) is 4.59. The maximum atomic E-state index is 14.3. The van der Waals surface area contributed by atoms with Gasteiger partial charge in [-0.15, -0.1) is 0 Å². The normalized spacial score (nSPS) is 10.3. The highest BCUT2D eigenvalue weighted by atomic mass is 19.1. The first-order valence-electron chi connectivity index (χ1n) is 6.56. The second-order valence-electron chi connectivity index (χ2n) is 4.59. The van der Waals surface area contributed by atoms with Gasteiger partial charge in [-0.1, -0.05) is 0 Å². The summed E-state index contributed by atoms with van der Waals surface area (Å²) in [5.74, 6) is -0.849. The largest absolute Gasteiger partial charge is 0.494 e. The molecule has 0 saturated heterocycles. The number of esters is 1. The van der Waals surface area contributed by atoms with E-state index in [-0.39, 0.29) is 17.3 Å². The van der Waals surface area contributed by atoms with Gasteiger partial charge in [0.1, 0.15) is 0 Å². The van der Waals surface area contributed by atoms with E-state index in [1.54, 1.807) is 12.4 Å². The second kappa shape index (κ2) is 6.84. The number of anilines is 1. The number of carbonyl (C=O) groups excluding carboxylic acids is 1. The Balaban J connectivity index is 2.25. The molecule has 0 bridgehead atoms. The maximum absolute atomic E-state index is 14.3. The van der Waals surface area contributed by atoms with Gasteiger partial charge in [0, 0.05) is 12.4 Å². The molecule has 0 radical (unpaired) electrons. The van der Waals surface area contributed by atoms with Crippen LogP contribution in [0.1, 0.15) is 21.5 Å². The molecule has 0 aliphatic rings. The summed E-state index contributed by atoms with van der Waals surface area (Å²) in [6, 6.07) is 2.78. The number of aryl methyl sites for hydroxylation is 2. The number of hydrogen-bond donors (Lipinski definition) is 1. The Bertz CT molecular complexity index is 674. The van der Waals surface area contributed by atoms with E-state index >= 15 is 0 Å². The van der Waals surface area contributed by atoms with Crippen LogP contribution >= 0.6 is 0 Å². The van der Waals surface area contributed by atoms with Crippen LogP contribution in [0.3, 0.4) is 0 Å². The zero-order valence-electron chi connectivity index (χ0n) is 12.3. The standard InChI is InChI=1S/C15H16FN3O3/c1-21-12-6-11(14(20)22-2)5-10(13(12)16)4-3-9-7-18-15(17)19-8-9/h5-8H,3-4H2,1-2H3,(H2,17,18,19). The number of rotatable bonds is 5. The Labute approximate surface area is 127 Å². The lowest BCUT2D eigenvalue weighted by Crippen LogP contribution is -2.06. The van der Waals surface area contributed by atoms with Crippen LogP contribution in [0.2, 0.25) is 0 Å². The number of aromatic nitrogens is 2. The smallest absolute Gasteiger partial charge is 0.337 e. The van der Waals surface area contributed by atoms with Gasteiger partial charge in [0.05, 0.1) is 19.8 Å². The maximum Gasteiger partial charge on any atom is 0.337 e. The zero-order chi connectivity index (χ0) is 16.1. The highest BCUT2D eigenvalue weighted by molar-refractivity contribution is 5.90. The quantitative estimate of drug-likeness (QED) is 0.847. The lowest BCUT2D eigenvalue weighted by molar-refractivity contribution is 0.0600. The van der Waals surface area contributed by atoms with E-state index in [0.717, 1.165) is 5.56 Å². The van der Waals surface area contributed by atoms with Crippen molar-refractivity contribution in [3.05, 3.63) is 47.0 Å². The Morgan fingerprint density at radius 3 is 2.50 bits per heavy atom. The van der Waals surface area contributed by atoms with Gasteiger partial charge < -0.3 is 15.2 Å². The van der Waals surface area contributed by atoms with Crippen molar-refractivity contribution in [2.75, 3.05) is 20.0 Å². The Hall–Kier alpha value is -2.70. The molecule has 1 aromatic carbocycles. The van der Waals surface area contributed by atoms with Crippen molar-refractivity contribution in [1.82, 2.24) is 9.97 Å². The van der Waals surface area contributed by atoms with Crippen molar-refractivity contribution in [3.8, 4) is 5.75 Å². The molecule has 2 N–H and O–H groups in total. The van der Waals surface area contributed by atoms with Gasteiger partial charge in [0.15, 0.2) is 11.6 Å². The minimum Gasteiger partial charge on any atom is -0.494 e. The molecule has 1 heterocycles. The fraction of sp³-hybridized carbons (Fsp3) is 0.267. The fourth-order valence-corrected chi connectivity index (χ4v) is 1.99. The summed E-state index contributed by atoms with van der Waals surface area (Å²) in [5, 5.41) is 0. The van der Waals surface area contributed by atoms with Crippen LogP contribution < -0.4 is 10.5 Å². The predicted molar refractivity (Wildman–Crippen MR) is 78.1 cm³/mol. The van der Waals surface area contributed by atoms with E-state index in [4.69, 9.17) is 10.5 Å². The highest BCUT2D eigenvalue weighted by Crippen LogP contribution is 2.24. The fourth-order valence-electron chi connectivity index (χ4n) is 1.99. The zero-order valence-corrected chi connectivity index (χ0v) is 12.3. The third-order valence-electron chi connectivity index (χ3n) is 3.16. The average molecular weight is 305 g/mol. The van der Waals surface area contributed by atoms with Crippen molar-refractivity contribution in [2.45, 2.75) is 12.8 Å². The van der Waals surface area contributed by atoms with Gasteiger partial charge in [-0.05, 0) is 36.1 Å². The Kier molecular flexibility index (Phi) is 4.88. The van der Waals surface area contributed by atoms with Gasteiger partial charge in [-0.2, -0.15) is 0 Å². The first kappa shape index (κ1) is 15.7. The minimum absolute atomic E-state index is 0.00598. The molecule has 0 unspecified atom stereocenters. The molecule has 0 saturated carbocycles. The average Bonchev–Trinajstić information content (AvgIpc) is 2.54. The van der Waals surface area contributed by atoms with Crippen molar-refractivity contribution >= 4 is 11.9 Å². The topological polar surface area (TPSA) is 87.3 Å². The number of hydrogen-bond acceptors (Lipinski definition) is 6. The van der Waals surface area contributed by atoms with Gasteiger partial charge in [0.2, 0.25) is 5.95 Å². The SMILES string of the molecule is COC(=O)c1cc(CCc2cnc(N)nc2)c(F)c(OC)c1. The van der Waals surface area contributed by atoms with E-state index in [1.807, 2.05) is 0 Å².